The van der Waals surface area contributed by atoms with E-state index >= 15 is 0 Å². The molecule has 3 nitrogen and oxygen atoms in total. The number of halogens is 1. The van der Waals surface area contributed by atoms with Gasteiger partial charge in [0.05, 0.1) is 11.5 Å². The third kappa shape index (κ3) is 2.12. The van der Waals surface area contributed by atoms with Crippen LogP contribution in [0.4, 0.5) is 4.39 Å². The lowest BCUT2D eigenvalue weighted by Crippen LogP contribution is -2.39. The molecule has 98 valence electrons. The van der Waals surface area contributed by atoms with Gasteiger partial charge in [0.25, 0.3) is 0 Å². The zero-order chi connectivity index (χ0) is 13.3. The van der Waals surface area contributed by atoms with E-state index in [1.807, 2.05) is 6.92 Å². The molecule has 1 aliphatic heterocycles. The van der Waals surface area contributed by atoms with Gasteiger partial charge in [-0.1, -0.05) is 6.07 Å². The monoisotopic (exact) mass is 252 g/mol. The SMILES string of the molecule is Cc1ccc(F)cc1CC1(C(=O)O)CCOC1C. The fraction of sp³-hybridized carbons (Fsp3) is 0.500. The van der Waals surface area contributed by atoms with Crippen LogP contribution in [-0.2, 0) is 16.0 Å². The summed E-state index contributed by atoms with van der Waals surface area (Å²) in [5.41, 5.74) is 0.726. The molecule has 2 atom stereocenters. The van der Waals surface area contributed by atoms with Crippen molar-refractivity contribution in [3.63, 3.8) is 0 Å². The zero-order valence-corrected chi connectivity index (χ0v) is 10.6. The number of aryl methyl sites for hydroxylation is 1. The van der Waals surface area contributed by atoms with E-state index in [4.69, 9.17) is 4.74 Å². The Morgan fingerprint density at radius 2 is 2.33 bits per heavy atom. The second-order valence-corrected chi connectivity index (χ2v) is 4.97. The molecule has 0 aliphatic carbocycles. The Hall–Kier alpha value is -1.42. The van der Waals surface area contributed by atoms with Gasteiger partial charge in [-0.2, -0.15) is 0 Å². The largest absolute Gasteiger partial charge is 0.481 e. The molecule has 0 saturated carbocycles. The van der Waals surface area contributed by atoms with Crippen molar-refractivity contribution in [3.8, 4) is 0 Å². The highest BCUT2D eigenvalue weighted by molar-refractivity contribution is 5.76. The summed E-state index contributed by atoms with van der Waals surface area (Å²) in [5.74, 6) is -1.20. The molecule has 1 saturated heterocycles. The van der Waals surface area contributed by atoms with Crippen LogP contribution in [0.5, 0.6) is 0 Å². The first kappa shape index (κ1) is 13.0. The summed E-state index contributed by atoms with van der Waals surface area (Å²) < 4.78 is 18.7. The van der Waals surface area contributed by atoms with Gasteiger partial charge in [0.15, 0.2) is 0 Å². The van der Waals surface area contributed by atoms with Gasteiger partial charge in [0, 0.05) is 6.61 Å². The van der Waals surface area contributed by atoms with Crippen LogP contribution in [0.25, 0.3) is 0 Å². The minimum absolute atomic E-state index is 0.313. The maximum absolute atomic E-state index is 13.3. The molecular weight excluding hydrogens is 235 g/mol. The van der Waals surface area contributed by atoms with Crippen molar-refractivity contribution < 1.29 is 19.0 Å². The Bertz CT molecular complexity index is 472. The first-order chi connectivity index (χ1) is 8.45. The molecule has 4 heteroatoms. The van der Waals surface area contributed by atoms with Gasteiger partial charge in [-0.3, -0.25) is 4.79 Å². The summed E-state index contributed by atoms with van der Waals surface area (Å²) in [6, 6.07) is 4.49. The Labute approximate surface area is 106 Å². The van der Waals surface area contributed by atoms with E-state index in [9.17, 15) is 14.3 Å². The number of hydrogen-bond acceptors (Lipinski definition) is 2. The van der Waals surface area contributed by atoms with E-state index in [1.165, 1.54) is 12.1 Å². The molecule has 1 aliphatic rings. The topological polar surface area (TPSA) is 46.5 Å². The fourth-order valence-corrected chi connectivity index (χ4v) is 2.54. The van der Waals surface area contributed by atoms with Crippen LogP contribution in [0.15, 0.2) is 18.2 Å². The lowest BCUT2D eigenvalue weighted by molar-refractivity contribution is -0.151. The van der Waals surface area contributed by atoms with Crippen LogP contribution in [0.2, 0.25) is 0 Å². The molecule has 1 N–H and O–H groups in total. The van der Waals surface area contributed by atoms with Gasteiger partial charge in [0.1, 0.15) is 5.82 Å². The standard InChI is InChI=1S/C14H17FO3/c1-9-3-4-12(15)7-11(9)8-14(13(16)17)5-6-18-10(14)2/h3-4,7,10H,5-6,8H2,1-2H3,(H,16,17). The normalized spacial score (nSPS) is 27.4. The predicted octanol–water partition coefficient (Wildman–Crippen LogP) is 2.56. The van der Waals surface area contributed by atoms with E-state index in [0.29, 0.717) is 19.4 Å². The van der Waals surface area contributed by atoms with Crippen LogP contribution in [0.3, 0.4) is 0 Å². The van der Waals surface area contributed by atoms with Gasteiger partial charge in [0.2, 0.25) is 0 Å². The molecular formula is C14H17FO3. The van der Waals surface area contributed by atoms with Crippen LogP contribution in [-0.4, -0.2) is 23.8 Å². The highest BCUT2D eigenvalue weighted by atomic mass is 19.1. The average Bonchev–Trinajstić information content (AvgIpc) is 2.67. The van der Waals surface area contributed by atoms with Crippen molar-refractivity contribution in [3.05, 3.63) is 35.1 Å². The third-order valence-corrected chi connectivity index (χ3v) is 3.94. The lowest BCUT2D eigenvalue weighted by Gasteiger charge is -2.28. The maximum atomic E-state index is 13.3. The molecule has 0 spiro atoms. The highest BCUT2D eigenvalue weighted by Crippen LogP contribution is 2.39. The summed E-state index contributed by atoms with van der Waals surface area (Å²) in [7, 11) is 0. The molecule has 0 aromatic heterocycles. The first-order valence-corrected chi connectivity index (χ1v) is 6.06. The predicted molar refractivity (Wildman–Crippen MR) is 64.9 cm³/mol. The Balaban J connectivity index is 2.35. The zero-order valence-electron chi connectivity index (χ0n) is 10.6. The van der Waals surface area contributed by atoms with Gasteiger partial charge in [-0.15, -0.1) is 0 Å². The number of benzene rings is 1. The number of carboxylic acids is 1. The lowest BCUT2D eigenvalue weighted by atomic mass is 9.75. The smallest absolute Gasteiger partial charge is 0.312 e. The van der Waals surface area contributed by atoms with E-state index in [0.717, 1.165) is 11.1 Å². The van der Waals surface area contributed by atoms with E-state index in [1.54, 1.807) is 13.0 Å². The Morgan fingerprint density at radius 3 is 2.89 bits per heavy atom. The minimum Gasteiger partial charge on any atom is -0.481 e. The van der Waals surface area contributed by atoms with Crippen molar-refractivity contribution in [1.29, 1.82) is 0 Å². The molecule has 1 aromatic carbocycles. The maximum Gasteiger partial charge on any atom is 0.312 e. The third-order valence-electron chi connectivity index (χ3n) is 3.94. The molecule has 0 amide bonds. The minimum atomic E-state index is -0.932. The molecule has 2 rings (SSSR count). The van der Waals surface area contributed by atoms with Crippen LogP contribution in [0.1, 0.15) is 24.5 Å². The molecule has 0 radical (unpaired) electrons. The Morgan fingerprint density at radius 1 is 1.61 bits per heavy atom. The number of ether oxygens (including phenoxy) is 1. The second-order valence-electron chi connectivity index (χ2n) is 4.97. The summed E-state index contributed by atoms with van der Waals surface area (Å²) in [4.78, 5) is 11.6. The molecule has 1 aromatic rings. The molecule has 1 fully saturated rings. The molecule has 2 unspecified atom stereocenters. The quantitative estimate of drug-likeness (QED) is 0.899. The van der Waals surface area contributed by atoms with Crippen molar-refractivity contribution in [1.82, 2.24) is 0 Å². The first-order valence-electron chi connectivity index (χ1n) is 6.06. The van der Waals surface area contributed by atoms with Crippen molar-refractivity contribution in [2.75, 3.05) is 6.61 Å². The Kier molecular flexibility index (Phi) is 3.39. The van der Waals surface area contributed by atoms with Crippen LogP contribution in [0, 0.1) is 18.2 Å². The van der Waals surface area contributed by atoms with Gasteiger partial charge in [-0.25, -0.2) is 4.39 Å². The number of hydrogen-bond donors (Lipinski definition) is 1. The number of carbonyl (C=O) groups is 1. The summed E-state index contributed by atoms with van der Waals surface area (Å²) in [5, 5.41) is 9.48. The van der Waals surface area contributed by atoms with Crippen LogP contribution < -0.4 is 0 Å². The molecule has 0 bridgehead atoms. The number of carboxylic acid groups (broad SMARTS) is 1. The second kappa shape index (κ2) is 4.69. The van der Waals surface area contributed by atoms with Crippen LogP contribution >= 0.6 is 0 Å². The number of aliphatic carboxylic acids is 1. The van der Waals surface area contributed by atoms with Crippen molar-refractivity contribution in [2.45, 2.75) is 32.8 Å². The van der Waals surface area contributed by atoms with Crippen molar-refractivity contribution >= 4 is 5.97 Å². The van der Waals surface area contributed by atoms with Gasteiger partial charge < -0.3 is 9.84 Å². The summed E-state index contributed by atoms with van der Waals surface area (Å²) >= 11 is 0. The fourth-order valence-electron chi connectivity index (χ4n) is 2.54. The molecule has 18 heavy (non-hydrogen) atoms. The van der Waals surface area contributed by atoms with Gasteiger partial charge in [-0.05, 0) is 49.9 Å². The summed E-state index contributed by atoms with van der Waals surface area (Å²) in [6.07, 6.45) is 0.435. The number of rotatable bonds is 3. The molecule has 1 heterocycles. The van der Waals surface area contributed by atoms with E-state index in [2.05, 4.69) is 0 Å². The van der Waals surface area contributed by atoms with E-state index in [-0.39, 0.29) is 11.9 Å². The van der Waals surface area contributed by atoms with E-state index < -0.39 is 11.4 Å². The summed E-state index contributed by atoms with van der Waals surface area (Å²) in [6.45, 7) is 4.09. The average molecular weight is 252 g/mol. The highest BCUT2D eigenvalue weighted by Gasteiger charge is 2.48. The van der Waals surface area contributed by atoms with Gasteiger partial charge >= 0.3 is 5.97 Å². The van der Waals surface area contributed by atoms with Crippen molar-refractivity contribution in [2.24, 2.45) is 5.41 Å².